The zero-order valence-electron chi connectivity index (χ0n) is 24.9. The summed E-state index contributed by atoms with van der Waals surface area (Å²) in [7, 11) is 1.22. The minimum Gasteiger partial charge on any atom is -0.508 e. The first-order chi connectivity index (χ1) is 18.0. The number of nitrogens with zero attached hydrogens (tertiary/aromatic N) is 1. The van der Waals surface area contributed by atoms with Gasteiger partial charge in [-0.05, 0) is 76.5 Å². The quantitative estimate of drug-likeness (QED) is 0.312. The molecule has 0 saturated heterocycles. The molecule has 10 nitrogen and oxygen atoms in total. The summed E-state index contributed by atoms with van der Waals surface area (Å²) in [5.41, 5.74) is -0.317. The maximum Gasteiger partial charge on any atom is 0.408 e. The summed E-state index contributed by atoms with van der Waals surface area (Å²) >= 11 is 0. The van der Waals surface area contributed by atoms with Crippen LogP contribution in [-0.2, 0) is 23.9 Å². The molecule has 0 aliphatic rings. The van der Waals surface area contributed by atoms with E-state index in [0.29, 0.717) is 24.3 Å². The van der Waals surface area contributed by atoms with E-state index in [2.05, 4.69) is 29.2 Å². The minimum atomic E-state index is -1.14. The number of rotatable bonds is 13. The lowest BCUT2D eigenvalue weighted by Crippen LogP contribution is -2.56. The maximum atomic E-state index is 14.3. The molecule has 0 aromatic heterocycles. The molecule has 1 aromatic rings. The third kappa shape index (κ3) is 12.0. The SMILES string of the molecule is COC(=O)CNC(=O)C(c1ccc(O)cc1)N(C(=O)C(CC(C)C)NC(=O)OC(C)(C)C)C(C)CCC(C)C. The number of phenolic OH excluding ortho intramolecular Hbond substituents is 1. The van der Waals surface area contributed by atoms with Crippen molar-refractivity contribution in [3.63, 3.8) is 0 Å². The van der Waals surface area contributed by atoms with Crippen LogP contribution >= 0.6 is 0 Å². The molecule has 3 N–H and O–H groups in total. The van der Waals surface area contributed by atoms with Gasteiger partial charge in [-0.15, -0.1) is 0 Å². The van der Waals surface area contributed by atoms with E-state index in [-0.39, 0.29) is 18.2 Å². The van der Waals surface area contributed by atoms with Crippen LogP contribution < -0.4 is 10.6 Å². The Morgan fingerprint density at radius 1 is 0.949 bits per heavy atom. The van der Waals surface area contributed by atoms with Crippen molar-refractivity contribution < 1.29 is 33.8 Å². The van der Waals surface area contributed by atoms with Crippen molar-refractivity contribution in [1.82, 2.24) is 15.5 Å². The second-order valence-electron chi connectivity index (χ2n) is 11.7. The first-order valence-electron chi connectivity index (χ1n) is 13.5. The zero-order valence-corrected chi connectivity index (χ0v) is 24.9. The zero-order chi connectivity index (χ0) is 29.9. The molecule has 3 amide bonds. The highest BCUT2D eigenvalue weighted by Crippen LogP contribution is 2.29. The lowest BCUT2D eigenvalue weighted by molar-refractivity contribution is -0.147. The fraction of sp³-hybridized carbons (Fsp3) is 0.655. The molecule has 0 radical (unpaired) electrons. The summed E-state index contributed by atoms with van der Waals surface area (Å²) in [6.45, 7) is 14.7. The van der Waals surface area contributed by atoms with Crippen molar-refractivity contribution in [1.29, 1.82) is 0 Å². The van der Waals surface area contributed by atoms with Crippen molar-refractivity contribution in [2.75, 3.05) is 13.7 Å². The molecule has 0 heterocycles. The highest BCUT2D eigenvalue weighted by molar-refractivity contribution is 5.93. The van der Waals surface area contributed by atoms with Gasteiger partial charge in [-0.1, -0.05) is 39.8 Å². The number of benzene rings is 1. The van der Waals surface area contributed by atoms with Crippen molar-refractivity contribution in [2.24, 2.45) is 11.8 Å². The second-order valence-corrected chi connectivity index (χ2v) is 11.7. The highest BCUT2D eigenvalue weighted by Gasteiger charge is 2.39. The van der Waals surface area contributed by atoms with E-state index in [1.54, 1.807) is 32.9 Å². The van der Waals surface area contributed by atoms with E-state index in [0.717, 1.165) is 6.42 Å². The van der Waals surface area contributed by atoms with Gasteiger partial charge in [0, 0.05) is 6.04 Å². The first-order valence-corrected chi connectivity index (χ1v) is 13.5. The second kappa shape index (κ2) is 15.3. The largest absolute Gasteiger partial charge is 0.508 e. The standard InChI is InChI=1S/C29H47N3O7/c1-18(2)10-11-20(5)32(27(36)23(16-19(3)4)31-28(37)39-29(6,7)8)25(21-12-14-22(33)15-13-21)26(35)30-17-24(34)38-9/h12-15,18-20,23,25,33H,10-11,16-17H2,1-9H3,(H,30,35)(H,31,37). The number of hydrogen-bond acceptors (Lipinski definition) is 7. The van der Waals surface area contributed by atoms with Gasteiger partial charge >= 0.3 is 12.1 Å². The molecule has 220 valence electrons. The summed E-state index contributed by atoms with van der Waals surface area (Å²) in [4.78, 5) is 53.9. The Labute approximate surface area is 232 Å². The lowest BCUT2D eigenvalue weighted by atomic mass is 9.95. The molecule has 0 aliphatic carbocycles. The van der Waals surface area contributed by atoms with Crippen LogP contribution in [0, 0.1) is 11.8 Å². The van der Waals surface area contributed by atoms with Gasteiger partial charge in [0.15, 0.2) is 0 Å². The van der Waals surface area contributed by atoms with E-state index in [1.807, 2.05) is 20.8 Å². The summed E-state index contributed by atoms with van der Waals surface area (Å²) < 4.78 is 10.1. The number of amides is 3. The predicted octanol–water partition coefficient (Wildman–Crippen LogP) is 4.32. The number of esters is 1. The Hall–Kier alpha value is -3.30. The van der Waals surface area contributed by atoms with Gasteiger partial charge in [0.1, 0.15) is 30.0 Å². The van der Waals surface area contributed by atoms with E-state index >= 15 is 0 Å². The van der Waals surface area contributed by atoms with Crippen LogP contribution in [0.15, 0.2) is 24.3 Å². The molecule has 3 unspecified atom stereocenters. The van der Waals surface area contributed by atoms with Crippen LogP contribution in [-0.4, -0.2) is 65.2 Å². The van der Waals surface area contributed by atoms with Crippen LogP contribution in [0.1, 0.15) is 86.3 Å². The highest BCUT2D eigenvalue weighted by atomic mass is 16.6. The van der Waals surface area contributed by atoms with Gasteiger partial charge < -0.3 is 30.1 Å². The number of hydrogen-bond donors (Lipinski definition) is 3. The van der Waals surface area contributed by atoms with Crippen molar-refractivity contribution in [2.45, 2.75) is 98.4 Å². The van der Waals surface area contributed by atoms with Gasteiger partial charge in [0.05, 0.1) is 7.11 Å². The fourth-order valence-corrected chi connectivity index (χ4v) is 4.06. The number of carbonyl (C=O) groups excluding carboxylic acids is 4. The van der Waals surface area contributed by atoms with Gasteiger partial charge in [0.2, 0.25) is 11.8 Å². The molecule has 0 aliphatic heterocycles. The van der Waals surface area contributed by atoms with E-state index in [9.17, 15) is 24.3 Å². The molecule has 0 spiro atoms. The number of phenols is 1. The Morgan fingerprint density at radius 2 is 1.54 bits per heavy atom. The number of carbonyl (C=O) groups is 4. The smallest absolute Gasteiger partial charge is 0.408 e. The summed E-state index contributed by atoms with van der Waals surface area (Å²) in [6, 6.07) is 3.48. The van der Waals surface area contributed by atoms with E-state index in [1.165, 1.54) is 24.1 Å². The van der Waals surface area contributed by atoms with Crippen molar-refractivity contribution in [3.8, 4) is 5.75 Å². The fourth-order valence-electron chi connectivity index (χ4n) is 4.06. The average molecular weight is 550 g/mol. The molecular weight excluding hydrogens is 502 g/mol. The number of ether oxygens (including phenoxy) is 2. The summed E-state index contributed by atoms with van der Waals surface area (Å²) in [6.07, 6.45) is 0.985. The first kappa shape index (κ1) is 33.7. The Kier molecular flexibility index (Phi) is 13.3. The van der Waals surface area contributed by atoms with Gasteiger partial charge in [-0.2, -0.15) is 0 Å². The maximum absolute atomic E-state index is 14.3. The Bertz CT molecular complexity index is 955. The molecule has 39 heavy (non-hydrogen) atoms. The number of aromatic hydroxyl groups is 1. The topological polar surface area (TPSA) is 134 Å². The Balaban J connectivity index is 3.60. The van der Waals surface area contributed by atoms with Crippen LogP contribution in [0.4, 0.5) is 4.79 Å². The minimum absolute atomic E-state index is 0.00229. The van der Waals surface area contributed by atoms with Crippen LogP contribution in [0.3, 0.4) is 0 Å². The van der Waals surface area contributed by atoms with E-state index < -0.39 is 47.6 Å². The summed E-state index contributed by atoms with van der Waals surface area (Å²) in [5, 5.41) is 15.2. The molecule has 0 bridgehead atoms. The van der Waals surface area contributed by atoms with Gasteiger partial charge in [-0.25, -0.2) is 4.79 Å². The molecule has 10 heteroatoms. The lowest BCUT2D eigenvalue weighted by Gasteiger charge is -2.39. The predicted molar refractivity (Wildman–Crippen MR) is 149 cm³/mol. The third-order valence-corrected chi connectivity index (χ3v) is 5.96. The number of alkyl carbamates (subject to hydrolysis) is 1. The molecular formula is C29H47N3O7. The normalized spacial score (nSPS) is 13.8. The van der Waals surface area contributed by atoms with Crippen LogP contribution in [0.25, 0.3) is 0 Å². The molecule has 1 aromatic carbocycles. The molecule has 0 saturated carbocycles. The molecule has 1 rings (SSSR count). The van der Waals surface area contributed by atoms with Crippen LogP contribution in [0.2, 0.25) is 0 Å². The van der Waals surface area contributed by atoms with Crippen molar-refractivity contribution >= 4 is 23.9 Å². The van der Waals surface area contributed by atoms with Crippen molar-refractivity contribution in [3.05, 3.63) is 29.8 Å². The monoisotopic (exact) mass is 549 g/mol. The molecule has 0 fully saturated rings. The van der Waals surface area contributed by atoms with E-state index in [4.69, 9.17) is 4.74 Å². The molecule has 3 atom stereocenters. The number of methoxy groups -OCH3 is 1. The summed E-state index contributed by atoms with van der Waals surface area (Å²) in [5.74, 6) is -1.27. The van der Waals surface area contributed by atoms with Crippen LogP contribution in [0.5, 0.6) is 5.75 Å². The Morgan fingerprint density at radius 3 is 2.03 bits per heavy atom. The van der Waals surface area contributed by atoms with Gasteiger partial charge in [-0.3, -0.25) is 14.4 Å². The van der Waals surface area contributed by atoms with Gasteiger partial charge in [0.25, 0.3) is 0 Å². The average Bonchev–Trinajstić information content (AvgIpc) is 2.82. The number of nitrogens with one attached hydrogen (secondary N) is 2. The third-order valence-electron chi connectivity index (χ3n) is 5.96.